The number of nitrogens with zero attached hydrogens (tertiary/aromatic N) is 3. The first-order chi connectivity index (χ1) is 10.8. The van der Waals surface area contributed by atoms with Crippen molar-refractivity contribution in [1.82, 2.24) is 19.8 Å². The van der Waals surface area contributed by atoms with Gasteiger partial charge in [0.2, 0.25) is 0 Å². The zero-order valence-corrected chi connectivity index (χ0v) is 13.4. The molecule has 1 amide bonds. The third-order valence-corrected chi connectivity index (χ3v) is 4.56. The molecule has 124 valence electrons. The van der Waals surface area contributed by atoms with Crippen molar-refractivity contribution < 1.29 is 13.6 Å². The standard InChI is InChI=1S/C16H20F2N4O/c1-16(2)9-22(7-6-21(16)3)15(23)10-4-5-11-12(8-10)20-14(19-11)13(17)18/h4-5,8,13H,6-7,9H2,1-3H3,(H,19,20). The predicted octanol–water partition coefficient (Wildman–Crippen LogP) is 2.67. The lowest BCUT2D eigenvalue weighted by molar-refractivity contribution is 0.0311. The number of hydrogen-bond acceptors (Lipinski definition) is 3. The average Bonchev–Trinajstić information content (AvgIpc) is 2.92. The molecule has 1 saturated heterocycles. The van der Waals surface area contributed by atoms with Crippen LogP contribution in [0.25, 0.3) is 11.0 Å². The number of H-pyrrole nitrogens is 1. The maximum atomic E-state index is 12.7. The lowest BCUT2D eigenvalue weighted by Crippen LogP contribution is -2.58. The second-order valence-corrected chi connectivity index (χ2v) is 6.62. The van der Waals surface area contributed by atoms with Gasteiger partial charge in [0.1, 0.15) is 0 Å². The van der Waals surface area contributed by atoms with Gasteiger partial charge in [0.05, 0.1) is 11.0 Å². The van der Waals surface area contributed by atoms with E-state index in [2.05, 4.69) is 28.7 Å². The number of nitrogens with one attached hydrogen (secondary N) is 1. The molecule has 3 rings (SSSR count). The van der Waals surface area contributed by atoms with Gasteiger partial charge in [0.15, 0.2) is 5.82 Å². The lowest BCUT2D eigenvalue weighted by atomic mass is 9.99. The highest BCUT2D eigenvalue weighted by Gasteiger charge is 2.33. The average molecular weight is 322 g/mol. The van der Waals surface area contributed by atoms with E-state index in [0.29, 0.717) is 29.7 Å². The van der Waals surface area contributed by atoms with E-state index < -0.39 is 6.43 Å². The highest BCUT2D eigenvalue weighted by molar-refractivity contribution is 5.97. The Morgan fingerprint density at radius 2 is 2.09 bits per heavy atom. The Kier molecular flexibility index (Phi) is 3.83. The Bertz CT molecular complexity index is 741. The molecule has 23 heavy (non-hydrogen) atoms. The van der Waals surface area contributed by atoms with Crippen molar-refractivity contribution in [2.75, 3.05) is 26.7 Å². The van der Waals surface area contributed by atoms with Crippen LogP contribution in [0.5, 0.6) is 0 Å². The fraction of sp³-hybridized carbons (Fsp3) is 0.500. The zero-order chi connectivity index (χ0) is 16.8. The summed E-state index contributed by atoms with van der Waals surface area (Å²) in [6.45, 7) is 6.28. The maximum Gasteiger partial charge on any atom is 0.295 e. The van der Waals surface area contributed by atoms with Crippen molar-refractivity contribution in [3.8, 4) is 0 Å². The van der Waals surface area contributed by atoms with E-state index >= 15 is 0 Å². The first-order valence-electron chi connectivity index (χ1n) is 7.56. The van der Waals surface area contributed by atoms with Crippen LogP contribution >= 0.6 is 0 Å². The molecular weight excluding hydrogens is 302 g/mol. The summed E-state index contributed by atoms with van der Waals surface area (Å²) in [4.78, 5) is 23.1. The summed E-state index contributed by atoms with van der Waals surface area (Å²) >= 11 is 0. The van der Waals surface area contributed by atoms with Gasteiger partial charge < -0.3 is 9.88 Å². The molecule has 0 aliphatic carbocycles. The monoisotopic (exact) mass is 322 g/mol. The van der Waals surface area contributed by atoms with Gasteiger partial charge in [-0.3, -0.25) is 9.69 Å². The molecule has 1 aromatic carbocycles. The Morgan fingerprint density at radius 1 is 1.35 bits per heavy atom. The Morgan fingerprint density at radius 3 is 2.74 bits per heavy atom. The molecule has 0 bridgehead atoms. The molecule has 5 nitrogen and oxygen atoms in total. The van der Waals surface area contributed by atoms with E-state index in [1.807, 2.05) is 11.9 Å². The van der Waals surface area contributed by atoms with E-state index in [4.69, 9.17) is 0 Å². The molecular formula is C16H20F2N4O. The van der Waals surface area contributed by atoms with E-state index in [-0.39, 0.29) is 17.3 Å². The lowest BCUT2D eigenvalue weighted by Gasteiger charge is -2.45. The van der Waals surface area contributed by atoms with Crippen molar-refractivity contribution in [2.45, 2.75) is 25.8 Å². The number of aromatic amines is 1. The van der Waals surface area contributed by atoms with Crippen LogP contribution in [0.1, 0.15) is 36.5 Å². The van der Waals surface area contributed by atoms with Crippen LogP contribution in [-0.4, -0.2) is 57.9 Å². The van der Waals surface area contributed by atoms with Crippen LogP contribution in [0.4, 0.5) is 8.78 Å². The first kappa shape index (κ1) is 15.9. The van der Waals surface area contributed by atoms with Crippen molar-refractivity contribution >= 4 is 16.9 Å². The summed E-state index contributed by atoms with van der Waals surface area (Å²) in [7, 11) is 2.05. The molecule has 0 radical (unpaired) electrons. The van der Waals surface area contributed by atoms with Crippen LogP contribution in [0, 0.1) is 0 Å². The fourth-order valence-corrected chi connectivity index (χ4v) is 2.86. The van der Waals surface area contributed by atoms with Gasteiger partial charge in [0, 0.05) is 30.7 Å². The number of carbonyl (C=O) groups excluding carboxylic acids is 1. The maximum absolute atomic E-state index is 12.7. The van der Waals surface area contributed by atoms with Gasteiger partial charge in [-0.15, -0.1) is 0 Å². The highest BCUT2D eigenvalue weighted by atomic mass is 19.3. The quantitative estimate of drug-likeness (QED) is 0.925. The number of piperazine rings is 1. The Balaban J connectivity index is 1.86. The van der Waals surface area contributed by atoms with Gasteiger partial charge >= 0.3 is 0 Å². The summed E-state index contributed by atoms with van der Waals surface area (Å²) in [6.07, 6.45) is -2.65. The molecule has 1 N–H and O–H groups in total. The molecule has 7 heteroatoms. The Hall–Kier alpha value is -2.02. The number of alkyl halides is 2. The number of rotatable bonds is 2. The molecule has 2 heterocycles. The fourth-order valence-electron chi connectivity index (χ4n) is 2.86. The third kappa shape index (κ3) is 2.93. The largest absolute Gasteiger partial charge is 0.337 e. The molecule has 1 aliphatic heterocycles. The summed E-state index contributed by atoms with van der Waals surface area (Å²) in [6, 6.07) is 4.85. The van der Waals surface area contributed by atoms with E-state index in [0.717, 1.165) is 6.54 Å². The van der Waals surface area contributed by atoms with E-state index in [9.17, 15) is 13.6 Å². The highest BCUT2D eigenvalue weighted by Crippen LogP contribution is 2.23. The minimum Gasteiger partial charge on any atom is -0.337 e. The summed E-state index contributed by atoms with van der Waals surface area (Å²) in [5.41, 5.74) is 1.30. The molecule has 0 unspecified atom stereocenters. The van der Waals surface area contributed by atoms with Crippen molar-refractivity contribution in [1.29, 1.82) is 0 Å². The predicted molar refractivity (Wildman–Crippen MR) is 83.7 cm³/mol. The number of carbonyl (C=O) groups is 1. The normalized spacial score (nSPS) is 18.8. The van der Waals surface area contributed by atoms with Gasteiger partial charge in [0.25, 0.3) is 12.3 Å². The molecule has 1 aliphatic rings. The van der Waals surface area contributed by atoms with Crippen LogP contribution in [-0.2, 0) is 0 Å². The number of imidazole rings is 1. The summed E-state index contributed by atoms with van der Waals surface area (Å²) < 4.78 is 25.4. The van der Waals surface area contributed by atoms with Crippen molar-refractivity contribution in [3.05, 3.63) is 29.6 Å². The van der Waals surface area contributed by atoms with Crippen LogP contribution in [0.15, 0.2) is 18.2 Å². The van der Waals surface area contributed by atoms with Gasteiger partial charge in [-0.25, -0.2) is 13.8 Å². The van der Waals surface area contributed by atoms with Gasteiger partial charge in [-0.05, 0) is 39.1 Å². The second-order valence-electron chi connectivity index (χ2n) is 6.62. The van der Waals surface area contributed by atoms with Crippen LogP contribution in [0.2, 0.25) is 0 Å². The van der Waals surface area contributed by atoms with Gasteiger partial charge in [-0.2, -0.15) is 0 Å². The van der Waals surface area contributed by atoms with Crippen LogP contribution < -0.4 is 0 Å². The topological polar surface area (TPSA) is 52.2 Å². The van der Waals surface area contributed by atoms with Crippen molar-refractivity contribution in [2.24, 2.45) is 0 Å². The molecule has 1 fully saturated rings. The molecule has 0 atom stereocenters. The summed E-state index contributed by atoms with van der Waals surface area (Å²) in [5, 5.41) is 0. The number of halogens is 2. The molecule has 0 spiro atoms. The Labute approximate surface area is 133 Å². The summed E-state index contributed by atoms with van der Waals surface area (Å²) in [5.74, 6) is -0.452. The van der Waals surface area contributed by atoms with Crippen molar-refractivity contribution in [3.63, 3.8) is 0 Å². The number of aromatic nitrogens is 2. The number of benzene rings is 1. The number of hydrogen-bond donors (Lipinski definition) is 1. The SMILES string of the molecule is CN1CCN(C(=O)c2ccc3nc(C(F)F)[nH]c3c2)CC1(C)C. The van der Waals surface area contributed by atoms with E-state index in [1.54, 1.807) is 18.2 Å². The van der Waals surface area contributed by atoms with Crippen LogP contribution in [0.3, 0.4) is 0 Å². The molecule has 1 aromatic heterocycles. The first-order valence-corrected chi connectivity index (χ1v) is 7.56. The number of amides is 1. The van der Waals surface area contributed by atoms with Gasteiger partial charge in [-0.1, -0.05) is 0 Å². The van der Waals surface area contributed by atoms with E-state index in [1.165, 1.54) is 0 Å². The minimum atomic E-state index is -2.65. The minimum absolute atomic E-state index is 0.0822. The number of likely N-dealkylation sites (N-methyl/N-ethyl adjacent to an activating group) is 1. The second kappa shape index (κ2) is 5.56. The zero-order valence-electron chi connectivity index (χ0n) is 13.4. The number of fused-ring (bicyclic) bond motifs is 1. The molecule has 0 saturated carbocycles. The third-order valence-electron chi connectivity index (χ3n) is 4.56. The smallest absolute Gasteiger partial charge is 0.295 e. The molecule has 2 aromatic rings.